The van der Waals surface area contributed by atoms with E-state index in [1.807, 2.05) is 30.3 Å². The number of para-hydroxylation sites is 1. The van der Waals surface area contributed by atoms with Gasteiger partial charge in [0.25, 0.3) is 0 Å². The molecule has 0 spiro atoms. The molecule has 2 rings (SSSR count). The average Bonchev–Trinajstić information content (AvgIpc) is 2.39. The van der Waals surface area contributed by atoms with Gasteiger partial charge in [0.1, 0.15) is 5.75 Å². The number of rotatable bonds is 3. The molecule has 0 aliphatic carbocycles. The molecule has 0 bridgehead atoms. The molecule has 3 nitrogen and oxygen atoms in total. The van der Waals surface area contributed by atoms with Crippen LogP contribution in [0.25, 0.3) is 0 Å². The first-order valence-corrected chi connectivity index (χ1v) is 5.24. The molecule has 18 heavy (non-hydrogen) atoms. The van der Waals surface area contributed by atoms with Crippen LogP contribution in [-0.4, -0.2) is 13.3 Å². The van der Waals surface area contributed by atoms with Crippen molar-refractivity contribution in [2.24, 2.45) is 4.99 Å². The topological polar surface area (TPSA) is 44.6 Å². The summed E-state index contributed by atoms with van der Waals surface area (Å²) < 4.78 is 4.96. The number of aliphatic imine (C=N–C) groups is 1. The molecule has 0 saturated heterocycles. The molecule has 0 saturated carbocycles. The first-order chi connectivity index (χ1) is 8.29. The van der Waals surface area contributed by atoms with Gasteiger partial charge in [0.2, 0.25) is 0 Å². The van der Waals surface area contributed by atoms with Gasteiger partial charge in [-0.2, -0.15) is 0 Å². The molecule has 0 atom stereocenters. The first-order valence-electron chi connectivity index (χ1n) is 5.24. The van der Waals surface area contributed by atoms with Crippen LogP contribution in [0.5, 0.6) is 11.5 Å². The largest absolute Gasteiger partial charge is 1.00 e. The molecule has 0 fully saturated rings. The van der Waals surface area contributed by atoms with Crippen molar-refractivity contribution in [1.29, 1.82) is 0 Å². The number of nitrogens with zero attached hydrogens (tertiary/aromatic N) is 1. The third-order valence-corrected chi connectivity index (χ3v) is 2.31. The van der Waals surface area contributed by atoms with Gasteiger partial charge < -0.3 is 9.84 Å². The Labute approximate surface area is 128 Å². The number of hydrogen-bond acceptors (Lipinski definition) is 3. The van der Waals surface area contributed by atoms with Crippen molar-refractivity contribution in [2.75, 3.05) is 7.11 Å². The summed E-state index contributed by atoms with van der Waals surface area (Å²) in [5.41, 5.74) is 1.71. The first kappa shape index (κ1) is 14.8. The molecule has 4 heteroatoms. The van der Waals surface area contributed by atoms with Gasteiger partial charge in [-0.1, -0.05) is 36.1 Å². The maximum atomic E-state index is 11.3. The fourth-order valence-electron chi connectivity index (χ4n) is 1.43. The van der Waals surface area contributed by atoms with Crippen molar-refractivity contribution in [3.05, 3.63) is 54.1 Å². The second-order valence-electron chi connectivity index (χ2n) is 3.50. The Balaban J connectivity index is 0.00000162. The molecule has 0 aliphatic heterocycles. The summed E-state index contributed by atoms with van der Waals surface area (Å²) in [6.45, 7) is 0. The molecule has 0 heterocycles. The van der Waals surface area contributed by atoms with E-state index in [-0.39, 0.29) is 35.3 Å². The summed E-state index contributed by atoms with van der Waals surface area (Å²) in [5.74, 6) is 0.214. The normalized spacial score (nSPS) is 10.1. The molecule has 0 unspecified atom stereocenters. The second kappa shape index (κ2) is 7.21. The molecule has 0 radical (unpaired) electrons. The quantitative estimate of drug-likeness (QED) is 0.545. The summed E-state index contributed by atoms with van der Waals surface area (Å²) in [7, 11) is 1.48. The Morgan fingerprint density at radius 3 is 2.50 bits per heavy atom. The fraction of sp³-hybridized carbons (Fsp3) is 0.0714. The van der Waals surface area contributed by atoms with Gasteiger partial charge in [0.05, 0.1) is 12.8 Å². The van der Waals surface area contributed by atoms with Crippen LogP contribution < -0.4 is 39.4 Å². The van der Waals surface area contributed by atoms with Crippen LogP contribution in [0.15, 0.2) is 53.5 Å². The minimum absolute atomic E-state index is 0. The van der Waals surface area contributed by atoms with Crippen LogP contribution in [0.1, 0.15) is 5.56 Å². The Bertz CT molecular complexity index is 527. The van der Waals surface area contributed by atoms with Gasteiger partial charge >= 0.3 is 29.6 Å². The molecule has 86 valence electrons. The maximum absolute atomic E-state index is 11.3. The van der Waals surface area contributed by atoms with Crippen molar-refractivity contribution in [3.63, 3.8) is 0 Å². The second-order valence-corrected chi connectivity index (χ2v) is 3.50. The summed E-state index contributed by atoms with van der Waals surface area (Å²) in [4.78, 5) is 4.30. The van der Waals surface area contributed by atoms with Crippen LogP contribution >= 0.6 is 0 Å². The summed E-state index contributed by atoms with van der Waals surface area (Å²) >= 11 is 0. The van der Waals surface area contributed by atoms with E-state index >= 15 is 0 Å². The number of ether oxygens (including phenoxy) is 1. The number of hydrogen-bond donors (Lipinski definition) is 0. The van der Waals surface area contributed by atoms with Gasteiger partial charge in [-0.15, -0.1) is 0 Å². The Morgan fingerprint density at radius 1 is 1.11 bits per heavy atom. The Kier molecular flexibility index (Phi) is 5.92. The minimum Gasteiger partial charge on any atom is -0.870 e. The summed E-state index contributed by atoms with van der Waals surface area (Å²) in [6, 6.07) is 14.5. The maximum Gasteiger partial charge on any atom is 1.00 e. The van der Waals surface area contributed by atoms with Crippen LogP contribution in [0.2, 0.25) is 0 Å². The zero-order valence-electron chi connectivity index (χ0n) is 10.5. The molecule has 2 aromatic rings. The van der Waals surface area contributed by atoms with E-state index < -0.39 is 0 Å². The molecule has 0 N–H and O–H groups in total. The average molecular weight is 249 g/mol. The monoisotopic (exact) mass is 249 g/mol. The molecule has 2 aromatic carbocycles. The predicted octanol–water partition coefficient (Wildman–Crippen LogP) is -0.477. The van der Waals surface area contributed by atoms with Crippen molar-refractivity contribution >= 4 is 11.9 Å². The van der Waals surface area contributed by atoms with Crippen molar-refractivity contribution in [3.8, 4) is 11.5 Å². The van der Waals surface area contributed by atoms with E-state index in [4.69, 9.17) is 4.74 Å². The number of benzene rings is 2. The molecule has 0 aliphatic rings. The van der Waals surface area contributed by atoms with E-state index in [1.54, 1.807) is 18.3 Å². The summed E-state index contributed by atoms with van der Waals surface area (Å²) in [5, 5.41) is 11.3. The summed E-state index contributed by atoms with van der Waals surface area (Å²) in [6.07, 6.45) is 1.71. The Hall–Kier alpha value is -1.29. The predicted molar refractivity (Wildman–Crippen MR) is 66.1 cm³/mol. The zero-order chi connectivity index (χ0) is 12.1. The van der Waals surface area contributed by atoms with E-state index in [2.05, 4.69) is 4.99 Å². The van der Waals surface area contributed by atoms with E-state index in [1.165, 1.54) is 13.2 Å². The van der Waals surface area contributed by atoms with E-state index in [0.717, 1.165) is 11.3 Å². The van der Waals surface area contributed by atoms with Gasteiger partial charge in [0, 0.05) is 6.21 Å². The van der Waals surface area contributed by atoms with Gasteiger partial charge in [-0.25, -0.2) is 0 Å². The SMILES string of the molecule is COc1cc(C=Nc2ccccc2)ccc1[O-].[Na+]. The van der Waals surface area contributed by atoms with Gasteiger partial charge in [-0.05, 0) is 23.8 Å². The third kappa shape index (κ3) is 3.88. The fourth-order valence-corrected chi connectivity index (χ4v) is 1.43. The van der Waals surface area contributed by atoms with Crippen LogP contribution in [0.4, 0.5) is 5.69 Å². The Morgan fingerprint density at radius 2 is 1.83 bits per heavy atom. The molecule has 0 aromatic heterocycles. The van der Waals surface area contributed by atoms with Crippen LogP contribution in [0, 0.1) is 0 Å². The van der Waals surface area contributed by atoms with Gasteiger partial charge in [0.15, 0.2) is 0 Å². The van der Waals surface area contributed by atoms with E-state index in [0.29, 0.717) is 5.75 Å². The van der Waals surface area contributed by atoms with Crippen molar-refractivity contribution < 1.29 is 39.4 Å². The van der Waals surface area contributed by atoms with Crippen LogP contribution in [-0.2, 0) is 0 Å². The third-order valence-electron chi connectivity index (χ3n) is 2.31. The molecular formula is C14H12NNaO2. The van der Waals surface area contributed by atoms with E-state index in [9.17, 15) is 5.11 Å². The van der Waals surface area contributed by atoms with Gasteiger partial charge in [-0.3, -0.25) is 4.99 Å². The van der Waals surface area contributed by atoms with Crippen molar-refractivity contribution in [1.82, 2.24) is 0 Å². The van der Waals surface area contributed by atoms with Crippen molar-refractivity contribution in [2.45, 2.75) is 0 Å². The minimum atomic E-state index is -0.121. The number of methoxy groups -OCH3 is 1. The molecular weight excluding hydrogens is 237 g/mol. The zero-order valence-corrected chi connectivity index (χ0v) is 12.5. The smallest absolute Gasteiger partial charge is 0.870 e. The van der Waals surface area contributed by atoms with Crippen LogP contribution in [0.3, 0.4) is 0 Å². The standard InChI is InChI=1S/C14H13NO2.Na/c1-17-14-9-11(7-8-13(14)16)10-15-12-5-3-2-4-6-12;/h2-10,16H,1H3;/q;+1/p-1. The molecule has 0 amide bonds.